The Balaban J connectivity index is 2.16. The predicted molar refractivity (Wildman–Crippen MR) is 71.9 cm³/mol. The zero-order valence-corrected chi connectivity index (χ0v) is 12.0. The highest BCUT2D eigenvalue weighted by molar-refractivity contribution is 9.10. The molecule has 0 radical (unpaired) electrons. The van der Waals surface area contributed by atoms with Gasteiger partial charge in [0.1, 0.15) is 6.61 Å². The van der Waals surface area contributed by atoms with E-state index in [2.05, 4.69) is 20.7 Å². The lowest BCUT2D eigenvalue weighted by Gasteiger charge is -2.12. The molecule has 19 heavy (non-hydrogen) atoms. The highest BCUT2D eigenvalue weighted by Crippen LogP contribution is 2.15. The van der Waals surface area contributed by atoms with E-state index in [1.807, 2.05) is 24.3 Å². The normalized spacial score (nSPS) is 13.5. The monoisotopic (exact) mass is 339 g/mol. The summed E-state index contributed by atoms with van der Waals surface area (Å²) in [4.78, 5) is 0. The van der Waals surface area contributed by atoms with Gasteiger partial charge in [-0.05, 0) is 37.0 Å². The van der Waals surface area contributed by atoms with E-state index in [0.717, 1.165) is 10.0 Å². The van der Waals surface area contributed by atoms with Crippen LogP contribution in [0.5, 0.6) is 0 Å². The molecular weight excluding hydrogens is 323 g/mol. The van der Waals surface area contributed by atoms with Crippen molar-refractivity contribution in [3.8, 4) is 0 Å². The molecular formula is C13H17BrF3NO. The maximum absolute atomic E-state index is 11.8. The van der Waals surface area contributed by atoms with Crippen molar-refractivity contribution in [3.05, 3.63) is 34.3 Å². The Morgan fingerprint density at radius 2 is 2.05 bits per heavy atom. The molecule has 108 valence electrons. The number of ether oxygens (including phenoxy) is 1. The quantitative estimate of drug-likeness (QED) is 0.769. The Morgan fingerprint density at radius 3 is 2.68 bits per heavy atom. The first-order valence-electron chi connectivity index (χ1n) is 6.01. The van der Waals surface area contributed by atoms with Gasteiger partial charge in [-0.2, -0.15) is 13.2 Å². The van der Waals surface area contributed by atoms with Crippen molar-refractivity contribution in [2.45, 2.75) is 31.5 Å². The maximum Gasteiger partial charge on any atom is 0.411 e. The predicted octanol–water partition coefficient (Wildman–Crippen LogP) is 3.68. The van der Waals surface area contributed by atoms with Gasteiger partial charge in [-0.1, -0.05) is 28.1 Å². The van der Waals surface area contributed by atoms with E-state index in [1.165, 1.54) is 0 Å². The van der Waals surface area contributed by atoms with Gasteiger partial charge in [0.15, 0.2) is 0 Å². The molecule has 1 unspecified atom stereocenters. The van der Waals surface area contributed by atoms with Crippen LogP contribution in [0.3, 0.4) is 0 Å². The van der Waals surface area contributed by atoms with Crippen LogP contribution in [0.2, 0.25) is 0 Å². The topological polar surface area (TPSA) is 35.2 Å². The van der Waals surface area contributed by atoms with Crippen LogP contribution in [0.15, 0.2) is 28.7 Å². The molecule has 1 aromatic rings. The van der Waals surface area contributed by atoms with Crippen LogP contribution in [0, 0.1) is 0 Å². The van der Waals surface area contributed by atoms with Gasteiger partial charge in [0.05, 0.1) is 0 Å². The second-order valence-corrected chi connectivity index (χ2v) is 5.32. The fourth-order valence-electron chi connectivity index (χ4n) is 1.70. The van der Waals surface area contributed by atoms with Crippen LogP contribution in [-0.4, -0.2) is 25.4 Å². The third kappa shape index (κ3) is 8.23. The average Bonchev–Trinajstić information content (AvgIpc) is 2.26. The Hall–Kier alpha value is -0.590. The highest BCUT2D eigenvalue weighted by atomic mass is 79.9. The summed E-state index contributed by atoms with van der Waals surface area (Å²) in [6, 6.07) is 7.76. The Bertz CT molecular complexity index is 384. The third-order valence-electron chi connectivity index (χ3n) is 2.52. The molecule has 1 atom stereocenters. The highest BCUT2D eigenvalue weighted by Gasteiger charge is 2.27. The second-order valence-electron chi connectivity index (χ2n) is 4.40. The van der Waals surface area contributed by atoms with Crippen LogP contribution in [-0.2, 0) is 11.2 Å². The van der Waals surface area contributed by atoms with E-state index in [0.29, 0.717) is 19.3 Å². The average molecular weight is 340 g/mol. The first-order valence-corrected chi connectivity index (χ1v) is 6.80. The number of nitrogens with two attached hydrogens (primary N) is 1. The first-order chi connectivity index (χ1) is 8.87. The third-order valence-corrected chi connectivity index (χ3v) is 3.01. The molecule has 0 heterocycles. The fourth-order valence-corrected chi connectivity index (χ4v) is 2.15. The first kappa shape index (κ1) is 16.5. The number of hydrogen-bond acceptors (Lipinski definition) is 2. The summed E-state index contributed by atoms with van der Waals surface area (Å²) in [5.41, 5.74) is 7.04. The molecule has 1 aromatic carbocycles. The van der Waals surface area contributed by atoms with Crippen molar-refractivity contribution in [2.75, 3.05) is 13.2 Å². The summed E-state index contributed by atoms with van der Waals surface area (Å²) < 4.78 is 41.0. The maximum atomic E-state index is 11.8. The lowest BCUT2D eigenvalue weighted by Crippen LogP contribution is -2.24. The Morgan fingerprint density at radius 1 is 1.32 bits per heavy atom. The molecule has 6 heteroatoms. The van der Waals surface area contributed by atoms with E-state index >= 15 is 0 Å². The summed E-state index contributed by atoms with van der Waals surface area (Å²) in [6.45, 7) is -1.10. The number of hydrogen-bond donors (Lipinski definition) is 1. The van der Waals surface area contributed by atoms with Crippen molar-refractivity contribution in [1.29, 1.82) is 0 Å². The van der Waals surface area contributed by atoms with Gasteiger partial charge in [-0.3, -0.25) is 0 Å². The largest absolute Gasteiger partial charge is 0.411 e. The molecule has 0 saturated heterocycles. The van der Waals surface area contributed by atoms with E-state index in [9.17, 15) is 13.2 Å². The van der Waals surface area contributed by atoms with Crippen molar-refractivity contribution >= 4 is 15.9 Å². The standard InChI is InChI=1S/C13H17BrF3NO/c14-11-4-1-3-10(7-11)8-12(18)5-2-6-19-9-13(15,16)17/h1,3-4,7,12H,2,5-6,8-9,18H2. The van der Waals surface area contributed by atoms with Gasteiger partial charge < -0.3 is 10.5 Å². The van der Waals surface area contributed by atoms with Gasteiger partial charge in [0, 0.05) is 17.1 Å². The molecule has 2 nitrogen and oxygen atoms in total. The fraction of sp³-hybridized carbons (Fsp3) is 0.538. The molecule has 0 spiro atoms. The van der Waals surface area contributed by atoms with Crippen LogP contribution in [0.1, 0.15) is 18.4 Å². The second kappa shape index (κ2) is 7.87. The minimum Gasteiger partial charge on any atom is -0.372 e. The molecule has 0 aliphatic rings. The summed E-state index contributed by atoms with van der Waals surface area (Å²) in [7, 11) is 0. The minimum absolute atomic E-state index is 0.0659. The molecule has 0 fully saturated rings. The lowest BCUT2D eigenvalue weighted by molar-refractivity contribution is -0.174. The van der Waals surface area contributed by atoms with Gasteiger partial charge in [-0.15, -0.1) is 0 Å². The number of rotatable bonds is 7. The van der Waals surface area contributed by atoms with Gasteiger partial charge >= 0.3 is 6.18 Å². The molecule has 0 aromatic heterocycles. The molecule has 1 rings (SSSR count). The molecule has 0 aliphatic heterocycles. The van der Waals surface area contributed by atoms with Crippen molar-refractivity contribution < 1.29 is 17.9 Å². The molecule has 2 N–H and O–H groups in total. The summed E-state index contributed by atoms with van der Waals surface area (Å²) in [5, 5.41) is 0. The van der Waals surface area contributed by atoms with Crippen molar-refractivity contribution in [2.24, 2.45) is 5.73 Å². The Kier molecular flexibility index (Phi) is 6.82. The summed E-state index contributed by atoms with van der Waals surface area (Å²) in [6.07, 6.45) is -2.37. The van der Waals surface area contributed by atoms with Crippen molar-refractivity contribution in [1.82, 2.24) is 0 Å². The summed E-state index contributed by atoms with van der Waals surface area (Å²) in [5.74, 6) is 0. The minimum atomic E-state index is -4.25. The van der Waals surface area contributed by atoms with E-state index < -0.39 is 12.8 Å². The Labute approximate surface area is 119 Å². The molecule has 0 saturated carbocycles. The zero-order valence-electron chi connectivity index (χ0n) is 10.4. The smallest absolute Gasteiger partial charge is 0.372 e. The van der Waals surface area contributed by atoms with Crippen LogP contribution in [0.4, 0.5) is 13.2 Å². The van der Waals surface area contributed by atoms with Gasteiger partial charge in [-0.25, -0.2) is 0 Å². The van der Waals surface area contributed by atoms with Crippen molar-refractivity contribution in [3.63, 3.8) is 0 Å². The SMILES string of the molecule is NC(CCCOCC(F)(F)F)Cc1cccc(Br)c1. The molecule has 0 bridgehead atoms. The van der Waals surface area contributed by atoms with E-state index in [1.54, 1.807) is 0 Å². The van der Waals surface area contributed by atoms with E-state index in [-0.39, 0.29) is 12.6 Å². The number of benzene rings is 1. The zero-order chi connectivity index (χ0) is 14.3. The number of alkyl halides is 3. The van der Waals surface area contributed by atoms with E-state index in [4.69, 9.17) is 5.73 Å². The molecule has 0 amide bonds. The lowest BCUT2D eigenvalue weighted by atomic mass is 10.0. The number of halogens is 4. The summed E-state index contributed by atoms with van der Waals surface area (Å²) >= 11 is 3.38. The van der Waals surface area contributed by atoms with Crippen LogP contribution < -0.4 is 5.73 Å². The van der Waals surface area contributed by atoms with Crippen LogP contribution in [0.25, 0.3) is 0 Å². The molecule has 0 aliphatic carbocycles. The van der Waals surface area contributed by atoms with Gasteiger partial charge in [0.25, 0.3) is 0 Å². The van der Waals surface area contributed by atoms with Crippen LogP contribution >= 0.6 is 15.9 Å². The van der Waals surface area contributed by atoms with Gasteiger partial charge in [0.2, 0.25) is 0 Å².